The molecule has 2 rings (SSSR count). The Kier molecular flexibility index (Phi) is 4.42. The number of halogens is 1. The molecule has 2 aromatic rings. The number of ether oxygens (including phenoxy) is 1. The Labute approximate surface area is 122 Å². The number of anilines is 1. The average Bonchev–Trinajstić information content (AvgIpc) is 2.46. The standard InChI is InChI=1S/C16H16FNO3/c1-10-3-6-15(21-2)14(7-10)18-9-12-8-11(16(19)20)4-5-13(12)17/h3-8,18H,9H2,1-2H3,(H,19,20). The number of hydrogen-bond donors (Lipinski definition) is 2. The van der Waals surface area contributed by atoms with Gasteiger partial charge in [0.1, 0.15) is 11.6 Å². The molecule has 5 heteroatoms. The molecule has 0 radical (unpaired) electrons. The summed E-state index contributed by atoms with van der Waals surface area (Å²) in [6, 6.07) is 9.35. The number of carbonyl (C=O) groups is 1. The average molecular weight is 289 g/mol. The summed E-state index contributed by atoms with van der Waals surface area (Å²) in [6.45, 7) is 2.11. The first-order valence-corrected chi connectivity index (χ1v) is 6.41. The fraction of sp³-hybridized carbons (Fsp3) is 0.188. The summed E-state index contributed by atoms with van der Waals surface area (Å²) >= 11 is 0. The summed E-state index contributed by atoms with van der Waals surface area (Å²) in [5.41, 5.74) is 2.12. The number of carboxylic acid groups (broad SMARTS) is 1. The normalized spacial score (nSPS) is 10.2. The van der Waals surface area contributed by atoms with Crippen molar-refractivity contribution in [1.29, 1.82) is 0 Å². The first-order chi connectivity index (χ1) is 10.0. The van der Waals surface area contributed by atoms with Gasteiger partial charge in [0.05, 0.1) is 18.4 Å². The Hall–Kier alpha value is -2.56. The minimum absolute atomic E-state index is 0.0596. The van der Waals surface area contributed by atoms with Gasteiger partial charge in [-0.2, -0.15) is 0 Å². The highest BCUT2D eigenvalue weighted by molar-refractivity contribution is 5.87. The third-order valence-electron chi connectivity index (χ3n) is 3.12. The van der Waals surface area contributed by atoms with Crippen molar-refractivity contribution in [2.75, 3.05) is 12.4 Å². The second-order valence-electron chi connectivity index (χ2n) is 4.67. The molecule has 0 fully saturated rings. The van der Waals surface area contributed by atoms with Crippen molar-refractivity contribution >= 4 is 11.7 Å². The van der Waals surface area contributed by atoms with Crippen LogP contribution in [0, 0.1) is 12.7 Å². The van der Waals surface area contributed by atoms with E-state index < -0.39 is 11.8 Å². The molecule has 0 aliphatic heterocycles. The predicted octanol–water partition coefficient (Wildman–Crippen LogP) is 3.45. The zero-order valence-electron chi connectivity index (χ0n) is 11.8. The van der Waals surface area contributed by atoms with E-state index in [1.807, 2.05) is 25.1 Å². The SMILES string of the molecule is COc1ccc(C)cc1NCc1cc(C(=O)O)ccc1F. The number of hydrogen-bond acceptors (Lipinski definition) is 3. The molecule has 0 aliphatic rings. The lowest BCUT2D eigenvalue weighted by molar-refractivity contribution is 0.0696. The molecular formula is C16H16FNO3. The van der Waals surface area contributed by atoms with Crippen LogP contribution in [-0.2, 0) is 6.54 Å². The number of rotatable bonds is 5. The van der Waals surface area contributed by atoms with Gasteiger partial charge < -0.3 is 15.2 Å². The van der Waals surface area contributed by atoms with Crippen molar-refractivity contribution in [1.82, 2.24) is 0 Å². The predicted molar refractivity (Wildman–Crippen MR) is 78.4 cm³/mol. The molecule has 0 saturated carbocycles. The molecule has 2 N–H and O–H groups in total. The molecule has 21 heavy (non-hydrogen) atoms. The molecule has 0 aromatic heterocycles. The van der Waals surface area contributed by atoms with Gasteiger partial charge >= 0.3 is 5.97 Å². The largest absolute Gasteiger partial charge is 0.495 e. The van der Waals surface area contributed by atoms with Gasteiger partial charge in [0.25, 0.3) is 0 Å². The number of nitrogens with one attached hydrogen (secondary N) is 1. The minimum Gasteiger partial charge on any atom is -0.495 e. The van der Waals surface area contributed by atoms with E-state index in [1.54, 1.807) is 7.11 Å². The number of benzene rings is 2. The highest BCUT2D eigenvalue weighted by Gasteiger charge is 2.09. The highest BCUT2D eigenvalue weighted by Crippen LogP contribution is 2.26. The van der Waals surface area contributed by atoms with E-state index in [2.05, 4.69) is 5.32 Å². The van der Waals surface area contributed by atoms with Crippen LogP contribution in [0.1, 0.15) is 21.5 Å². The zero-order valence-corrected chi connectivity index (χ0v) is 11.8. The van der Waals surface area contributed by atoms with Crippen molar-refractivity contribution in [3.8, 4) is 5.75 Å². The molecule has 0 atom stereocenters. The van der Waals surface area contributed by atoms with Crippen molar-refractivity contribution in [3.63, 3.8) is 0 Å². The lowest BCUT2D eigenvalue weighted by Gasteiger charge is -2.12. The summed E-state index contributed by atoms with van der Waals surface area (Å²) < 4.78 is 19.0. The molecule has 4 nitrogen and oxygen atoms in total. The molecular weight excluding hydrogens is 273 g/mol. The van der Waals surface area contributed by atoms with Crippen LogP contribution in [0.3, 0.4) is 0 Å². The van der Waals surface area contributed by atoms with E-state index in [0.29, 0.717) is 11.3 Å². The van der Waals surface area contributed by atoms with Crippen molar-refractivity contribution in [2.45, 2.75) is 13.5 Å². The molecule has 0 amide bonds. The van der Waals surface area contributed by atoms with Crippen LogP contribution in [0.25, 0.3) is 0 Å². The summed E-state index contributed by atoms with van der Waals surface area (Å²) in [5.74, 6) is -0.876. The van der Waals surface area contributed by atoms with E-state index in [-0.39, 0.29) is 12.1 Å². The second kappa shape index (κ2) is 6.26. The van der Waals surface area contributed by atoms with Crippen LogP contribution in [0.2, 0.25) is 0 Å². The third-order valence-corrected chi connectivity index (χ3v) is 3.12. The lowest BCUT2D eigenvalue weighted by atomic mass is 10.1. The van der Waals surface area contributed by atoms with Crippen molar-refractivity contribution in [2.24, 2.45) is 0 Å². The summed E-state index contributed by atoms with van der Waals surface area (Å²) in [4.78, 5) is 10.9. The van der Waals surface area contributed by atoms with Gasteiger partial charge in [-0.05, 0) is 42.8 Å². The summed E-state index contributed by atoms with van der Waals surface area (Å²) in [7, 11) is 1.56. The van der Waals surface area contributed by atoms with E-state index in [0.717, 1.165) is 17.3 Å². The Bertz CT molecular complexity index is 671. The van der Waals surface area contributed by atoms with Crippen LogP contribution in [0.15, 0.2) is 36.4 Å². The monoisotopic (exact) mass is 289 g/mol. The third kappa shape index (κ3) is 3.51. The summed E-state index contributed by atoms with van der Waals surface area (Å²) in [5, 5.41) is 12.0. The fourth-order valence-electron chi connectivity index (χ4n) is 1.99. The van der Waals surface area contributed by atoms with E-state index in [4.69, 9.17) is 9.84 Å². The maximum Gasteiger partial charge on any atom is 0.335 e. The highest BCUT2D eigenvalue weighted by atomic mass is 19.1. The smallest absolute Gasteiger partial charge is 0.335 e. The first-order valence-electron chi connectivity index (χ1n) is 6.41. The Morgan fingerprint density at radius 1 is 1.29 bits per heavy atom. The maximum atomic E-state index is 13.7. The molecule has 0 aliphatic carbocycles. The number of carboxylic acids is 1. The second-order valence-corrected chi connectivity index (χ2v) is 4.67. The molecule has 0 heterocycles. The zero-order chi connectivity index (χ0) is 15.4. The van der Waals surface area contributed by atoms with E-state index in [1.165, 1.54) is 12.1 Å². The molecule has 0 saturated heterocycles. The van der Waals surface area contributed by atoms with E-state index in [9.17, 15) is 9.18 Å². The number of aryl methyl sites for hydroxylation is 1. The molecule has 0 bridgehead atoms. The van der Waals surface area contributed by atoms with Crippen molar-refractivity contribution < 1.29 is 19.0 Å². The van der Waals surface area contributed by atoms with Gasteiger partial charge in [-0.1, -0.05) is 6.07 Å². The van der Waals surface area contributed by atoms with Gasteiger partial charge in [0.2, 0.25) is 0 Å². The summed E-state index contributed by atoms with van der Waals surface area (Å²) in [6.07, 6.45) is 0. The molecule has 2 aromatic carbocycles. The number of methoxy groups -OCH3 is 1. The maximum absolute atomic E-state index is 13.7. The van der Waals surface area contributed by atoms with Crippen LogP contribution < -0.4 is 10.1 Å². The van der Waals surface area contributed by atoms with Crippen LogP contribution in [0.4, 0.5) is 10.1 Å². The van der Waals surface area contributed by atoms with Gasteiger partial charge in [-0.3, -0.25) is 0 Å². The molecule has 110 valence electrons. The molecule has 0 spiro atoms. The lowest BCUT2D eigenvalue weighted by Crippen LogP contribution is -2.06. The Balaban J connectivity index is 2.22. The van der Waals surface area contributed by atoms with Crippen LogP contribution in [0.5, 0.6) is 5.75 Å². The quantitative estimate of drug-likeness (QED) is 0.885. The van der Waals surface area contributed by atoms with Gasteiger partial charge in [0.15, 0.2) is 0 Å². The van der Waals surface area contributed by atoms with Crippen molar-refractivity contribution in [3.05, 3.63) is 58.9 Å². The molecule has 0 unspecified atom stereocenters. The first kappa shape index (κ1) is 14.8. The fourth-order valence-corrected chi connectivity index (χ4v) is 1.99. The Morgan fingerprint density at radius 3 is 2.71 bits per heavy atom. The number of aromatic carboxylic acids is 1. The topological polar surface area (TPSA) is 58.6 Å². The van der Waals surface area contributed by atoms with Gasteiger partial charge in [-0.25, -0.2) is 9.18 Å². The van der Waals surface area contributed by atoms with Crippen LogP contribution in [-0.4, -0.2) is 18.2 Å². The van der Waals surface area contributed by atoms with E-state index >= 15 is 0 Å². The Morgan fingerprint density at radius 2 is 2.05 bits per heavy atom. The minimum atomic E-state index is -1.08. The van der Waals surface area contributed by atoms with Gasteiger partial charge in [-0.15, -0.1) is 0 Å². The van der Waals surface area contributed by atoms with Crippen LogP contribution >= 0.6 is 0 Å². The van der Waals surface area contributed by atoms with Gasteiger partial charge in [0, 0.05) is 12.1 Å².